The molecule has 0 saturated carbocycles. The number of benzene rings is 3. The van der Waals surface area contributed by atoms with Crippen LogP contribution in [0.1, 0.15) is 32.6 Å². The van der Waals surface area contributed by atoms with Crippen molar-refractivity contribution in [2.24, 2.45) is 0 Å². The number of nitrogens with zero attached hydrogens (tertiary/aromatic N) is 2. The summed E-state index contributed by atoms with van der Waals surface area (Å²) in [7, 11) is 4.05. The summed E-state index contributed by atoms with van der Waals surface area (Å²) in [4.78, 5) is 29.1. The predicted octanol–water partition coefficient (Wildman–Crippen LogP) is 4.23. The van der Waals surface area contributed by atoms with E-state index in [2.05, 4.69) is 33.7 Å². The molecule has 1 aliphatic heterocycles. The normalized spacial score (nSPS) is 12.5. The monoisotopic (exact) mass is 428 g/mol. The topological polar surface area (TPSA) is 64.7 Å². The number of hydrogen-bond acceptors (Lipinski definition) is 3. The molecule has 0 atom stereocenters. The first-order valence-corrected chi connectivity index (χ1v) is 10.7. The van der Waals surface area contributed by atoms with Crippen LogP contribution in [0.5, 0.6) is 0 Å². The molecule has 0 aliphatic carbocycles. The molecule has 0 saturated heterocycles. The van der Waals surface area contributed by atoms with Crippen LogP contribution in [0.3, 0.4) is 0 Å². The molecule has 0 bridgehead atoms. The van der Waals surface area contributed by atoms with Gasteiger partial charge in [0.1, 0.15) is 0 Å². The molecule has 0 unspecified atom stereocenters. The van der Waals surface area contributed by atoms with Gasteiger partial charge in [0, 0.05) is 37.4 Å². The Morgan fingerprint density at radius 3 is 2.06 bits per heavy atom. The summed E-state index contributed by atoms with van der Waals surface area (Å²) < 4.78 is 0. The molecule has 4 rings (SSSR count). The van der Waals surface area contributed by atoms with Gasteiger partial charge in [0.25, 0.3) is 5.91 Å². The van der Waals surface area contributed by atoms with Crippen LogP contribution in [0.25, 0.3) is 0 Å². The SMILES string of the molecule is CN(C)Cc1ccccc1CNC(=O)c1ccc(NC(=O)N2Cc3ccccc3C2)cc1. The standard InChI is InChI=1S/C26H28N4O2/c1-29(2)16-21-8-4-3-7-20(21)15-27-25(31)19-11-13-24(14-12-19)28-26(32)30-17-22-9-5-6-10-23(22)18-30/h3-14H,15-18H2,1-2H3,(H,27,31)(H,28,32). The molecule has 1 aliphatic rings. The van der Waals surface area contributed by atoms with Gasteiger partial charge in [0.2, 0.25) is 0 Å². The number of anilines is 1. The Hall–Kier alpha value is -3.64. The Balaban J connectivity index is 1.32. The second-order valence-electron chi connectivity index (χ2n) is 8.32. The van der Waals surface area contributed by atoms with Crippen molar-refractivity contribution in [3.63, 3.8) is 0 Å². The zero-order valence-corrected chi connectivity index (χ0v) is 18.5. The highest BCUT2D eigenvalue weighted by Crippen LogP contribution is 2.23. The number of urea groups is 1. The number of amides is 3. The Labute approximate surface area is 188 Å². The maximum absolute atomic E-state index is 12.6. The van der Waals surface area contributed by atoms with Crippen molar-refractivity contribution in [2.45, 2.75) is 26.2 Å². The molecule has 32 heavy (non-hydrogen) atoms. The fourth-order valence-corrected chi connectivity index (χ4v) is 3.89. The number of carbonyl (C=O) groups is 2. The maximum Gasteiger partial charge on any atom is 0.322 e. The van der Waals surface area contributed by atoms with E-state index in [4.69, 9.17) is 0 Å². The zero-order chi connectivity index (χ0) is 22.5. The Morgan fingerprint density at radius 2 is 1.44 bits per heavy atom. The van der Waals surface area contributed by atoms with E-state index in [0.29, 0.717) is 30.9 Å². The van der Waals surface area contributed by atoms with Gasteiger partial charge >= 0.3 is 6.03 Å². The highest BCUT2D eigenvalue weighted by atomic mass is 16.2. The minimum atomic E-state index is -0.143. The number of rotatable bonds is 6. The molecule has 2 N–H and O–H groups in total. The maximum atomic E-state index is 12.6. The molecule has 3 amide bonds. The quantitative estimate of drug-likeness (QED) is 0.618. The lowest BCUT2D eigenvalue weighted by Gasteiger charge is -2.16. The molecule has 0 aromatic heterocycles. The molecule has 3 aromatic carbocycles. The van der Waals surface area contributed by atoms with Gasteiger partial charge in [-0.25, -0.2) is 4.79 Å². The lowest BCUT2D eigenvalue weighted by molar-refractivity contribution is 0.0951. The second kappa shape index (κ2) is 9.66. The van der Waals surface area contributed by atoms with Crippen molar-refractivity contribution in [1.29, 1.82) is 0 Å². The van der Waals surface area contributed by atoms with Crippen molar-refractivity contribution >= 4 is 17.6 Å². The van der Waals surface area contributed by atoms with Crippen molar-refractivity contribution in [1.82, 2.24) is 15.1 Å². The minimum absolute atomic E-state index is 0.141. The van der Waals surface area contributed by atoms with Gasteiger partial charge in [-0.2, -0.15) is 0 Å². The van der Waals surface area contributed by atoms with Crippen LogP contribution in [-0.2, 0) is 26.2 Å². The van der Waals surface area contributed by atoms with Gasteiger partial charge in [0.05, 0.1) is 0 Å². The van der Waals surface area contributed by atoms with Gasteiger partial charge in [-0.05, 0) is 60.6 Å². The van der Waals surface area contributed by atoms with Gasteiger partial charge in [-0.3, -0.25) is 4.79 Å². The molecular weight excluding hydrogens is 400 g/mol. The molecular formula is C26H28N4O2. The second-order valence-corrected chi connectivity index (χ2v) is 8.32. The number of nitrogens with one attached hydrogen (secondary N) is 2. The van der Waals surface area contributed by atoms with Crippen LogP contribution < -0.4 is 10.6 Å². The highest BCUT2D eigenvalue weighted by molar-refractivity contribution is 5.95. The Kier molecular flexibility index (Phi) is 6.52. The summed E-state index contributed by atoms with van der Waals surface area (Å²) in [6.07, 6.45) is 0. The smallest absolute Gasteiger partial charge is 0.322 e. The summed E-state index contributed by atoms with van der Waals surface area (Å²) in [5, 5.41) is 5.91. The largest absolute Gasteiger partial charge is 0.348 e. The van der Waals surface area contributed by atoms with Crippen LogP contribution in [0.15, 0.2) is 72.8 Å². The third kappa shape index (κ3) is 5.15. The van der Waals surface area contributed by atoms with E-state index >= 15 is 0 Å². The molecule has 164 valence electrons. The third-order valence-electron chi connectivity index (χ3n) is 5.57. The molecule has 6 nitrogen and oxygen atoms in total. The van der Waals surface area contributed by atoms with E-state index in [1.165, 1.54) is 16.7 Å². The fourth-order valence-electron chi connectivity index (χ4n) is 3.89. The van der Waals surface area contributed by atoms with Crippen LogP contribution >= 0.6 is 0 Å². The molecule has 0 fully saturated rings. The van der Waals surface area contributed by atoms with Crippen molar-refractivity contribution in [2.75, 3.05) is 19.4 Å². The molecule has 0 spiro atoms. The number of carbonyl (C=O) groups excluding carboxylic acids is 2. The predicted molar refractivity (Wildman–Crippen MR) is 126 cm³/mol. The summed E-state index contributed by atoms with van der Waals surface area (Å²) in [5.74, 6) is -0.141. The number of fused-ring (bicyclic) bond motifs is 1. The first kappa shape index (κ1) is 21.6. The van der Waals surface area contributed by atoms with Crippen molar-refractivity contribution in [3.05, 3.63) is 101 Å². The third-order valence-corrected chi connectivity index (χ3v) is 5.57. The number of hydrogen-bond donors (Lipinski definition) is 2. The molecule has 3 aromatic rings. The average Bonchev–Trinajstić information content (AvgIpc) is 3.23. The van der Waals surface area contributed by atoms with Gasteiger partial charge in [-0.1, -0.05) is 48.5 Å². The summed E-state index contributed by atoms with van der Waals surface area (Å²) in [5.41, 5.74) is 5.88. The van der Waals surface area contributed by atoms with Crippen LogP contribution in [-0.4, -0.2) is 35.8 Å². The fraction of sp³-hybridized carbons (Fsp3) is 0.231. The van der Waals surface area contributed by atoms with E-state index < -0.39 is 0 Å². The van der Waals surface area contributed by atoms with Crippen molar-refractivity contribution in [3.8, 4) is 0 Å². The highest BCUT2D eigenvalue weighted by Gasteiger charge is 2.22. The Morgan fingerprint density at radius 1 is 0.844 bits per heavy atom. The minimum Gasteiger partial charge on any atom is -0.348 e. The first-order valence-electron chi connectivity index (χ1n) is 10.7. The van der Waals surface area contributed by atoms with Crippen LogP contribution in [0.4, 0.5) is 10.5 Å². The van der Waals surface area contributed by atoms with Crippen LogP contribution in [0.2, 0.25) is 0 Å². The lowest BCUT2D eigenvalue weighted by Crippen LogP contribution is -2.30. The lowest BCUT2D eigenvalue weighted by atomic mass is 10.1. The molecule has 1 heterocycles. The van der Waals surface area contributed by atoms with E-state index in [0.717, 1.165) is 12.1 Å². The summed E-state index contributed by atoms with van der Waals surface area (Å²) in [6, 6.07) is 23.0. The van der Waals surface area contributed by atoms with Crippen LogP contribution in [0, 0.1) is 0 Å². The average molecular weight is 429 g/mol. The zero-order valence-electron chi connectivity index (χ0n) is 18.5. The summed E-state index contributed by atoms with van der Waals surface area (Å²) in [6.45, 7) is 2.51. The summed E-state index contributed by atoms with van der Waals surface area (Å²) >= 11 is 0. The van der Waals surface area contributed by atoms with E-state index in [-0.39, 0.29) is 11.9 Å². The van der Waals surface area contributed by atoms with E-state index in [1.54, 1.807) is 29.2 Å². The molecule has 0 radical (unpaired) electrons. The molecule has 6 heteroatoms. The van der Waals surface area contributed by atoms with E-state index in [1.807, 2.05) is 44.4 Å². The Bertz CT molecular complexity index is 1080. The van der Waals surface area contributed by atoms with Gasteiger partial charge in [-0.15, -0.1) is 0 Å². The van der Waals surface area contributed by atoms with Crippen molar-refractivity contribution < 1.29 is 9.59 Å². The van der Waals surface area contributed by atoms with Gasteiger partial charge < -0.3 is 20.4 Å². The first-order chi connectivity index (χ1) is 15.5. The van der Waals surface area contributed by atoms with E-state index in [9.17, 15) is 9.59 Å². The van der Waals surface area contributed by atoms with Gasteiger partial charge in [0.15, 0.2) is 0 Å².